The molecule has 11 heteroatoms. The van der Waals surface area contributed by atoms with Crippen LogP contribution in [0.15, 0.2) is 71.3 Å². The number of anilines is 1. The number of carbonyl (C=O) groups is 2. The highest BCUT2D eigenvalue weighted by Gasteiger charge is 2.24. The number of furan rings is 1. The van der Waals surface area contributed by atoms with Gasteiger partial charge in [0.25, 0.3) is 16.1 Å². The molecule has 0 aliphatic rings. The molecule has 4 aromatic rings. The van der Waals surface area contributed by atoms with Gasteiger partial charge < -0.3 is 15.1 Å². The van der Waals surface area contributed by atoms with Crippen molar-refractivity contribution in [1.29, 1.82) is 0 Å². The first-order valence-corrected chi connectivity index (χ1v) is 12.6. The van der Waals surface area contributed by atoms with Crippen molar-refractivity contribution in [2.75, 3.05) is 11.9 Å². The molecule has 2 heterocycles. The van der Waals surface area contributed by atoms with Gasteiger partial charge in [-0.1, -0.05) is 36.4 Å². The summed E-state index contributed by atoms with van der Waals surface area (Å²) in [6.45, 7) is 0.123. The Bertz CT molecular complexity index is 1430. The predicted molar refractivity (Wildman–Crippen MR) is 133 cm³/mol. The third-order valence-electron chi connectivity index (χ3n) is 5.38. The van der Waals surface area contributed by atoms with Crippen LogP contribution in [0, 0.1) is 0 Å². The molecule has 2 aromatic heterocycles. The lowest BCUT2D eigenvalue weighted by atomic mass is 10.1. The maximum atomic E-state index is 13.2. The molecule has 0 saturated carbocycles. The van der Waals surface area contributed by atoms with Gasteiger partial charge in [0.2, 0.25) is 5.91 Å². The third kappa shape index (κ3) is 6.41. The molecule has 4 rings (SSSR count). The molecule has 0 aliphatic carbocycles. The van der Waals surface area contributed by atoms with Crippen LogP contribution in [0.5, 0.6) is 0 Å². The van der Waals surface area contributed by atoms with Gasteiger partial charge in [-0.2, -0.15) is 8.42 Å². The summed E-state index contributed by atoms with van der Waals surface area (Å²) in [6.07, 6.45) is 2.78. The van der Waals surface area contributed by atoms with E-state index in [1.165, 1.54) is 0 Å². The number of hydrogen-bond acceptors (Lipinski definition) is 6. The Morgan fingerprint density at radius 2 is 1.77 bits per heavy atom. The SMILES string of the molecule is NS(=O)(=O)NCCCC[C@@H](NC(=O)c1cc2ccccc2o1)C(=O)Nc1cccc2cccnc12. The molecule has 0 fully saturated rings. The molecule has 0 radical (unpaired) electrons. The van der Waals surface area contributed by atoms with Crippen molar-refractivity contribution in [3.63, 3.8) is 0 Å². The van der Waals surface area contributed by atoms with E-state index >= 15 is 0 Å². The second-order valence-corrected chi connectivity index (χ2v) is 9.36. The summed E-state index contributed by atoms with van der Waals surface area (Å²) in [7, 11) is -3.79. The fourth-order valence-corrected chi connectivity index (χ4v) is 4.13. The number of fused-ring (bicyclic) bond motifs is 2. The van der Waals surface area contributed by atoms with Crippen LogP contribution in [-0.2, 0) is 15.0 Å². The molecule has 5 N–H and O–H groups in total. The zero-order valence-corrected chi connectivity index (χ0v) is 19.5. The predicted octanol–water partition coefficient (Wildman–Crippen LogP) is 2.68. The number of nitrogens with one attached hydrogen (secondary N) is 3. The van der Waals surface area contributed by atoms with Gasteiger partial charge in [0, 0.05) is 23.5 Å². The Morgan fingerprint density at radius 3 is 2.57 bits per heavy atom. The number of pyridine rings is 1. The lowest BCUT2D eigenvalue weighted by Gasteiger charge is -2.18. The molecular weight excluding hydrogens is 470 g/mol. The number of amides is 2. The van der Waals surface area contributed by atoms with Crippen molar-refractivity contribution in [3.8, 4) is 0 Å². The van der Waals surface area contributed by atoms with Gasteiger partial charge in [0.1, 0.15) is 11.6 Å². The van der Waals surface area contributed by atoms with Crippen molar-refractivity contribution in [1.82, 2.24) is 15.0 Å². The van der Waals surface area contributed by atoms with Gasteiger partial charge in [-0.25, -0.2) is 9.86 Å². The highest BCUT2D eigenvalue weighted by Crippen LogP contribution is 2.22. The van der Waals surface area contributed by atoms with E-state index in [1.807, 2.05) is 24.3 Å². The van der Waals surface area contributed by atoms with Crippen LogP contribution < -0.4 is 20.5 Å². The number of nitrogens with zero attached hydrogens (tertiary/aromatic N) is 1. The van der Waals surface area contributed by atoms with Crippen molar-refractivity contribution in [2.45, 2.75) is 25.3 Å². The van der Waals surface area contributed by atoms with Crippen molar-refractivity contribution in [2.24, 2.45) is 5.14 Å². The molecule has 0 bridgehead atoms. The van der Waals surface area contributed by atoms with Crippen LogP contribution in [0.25, 0.3) is 21.9 Å². The molecule has 0 aliphatic heterocycles. The minimum absolute atomic E-state index is 0.0896. The molecule has 0 spiro atoms. The summed E-state index contributed by atoms with van der Waals surface area (Å²) in [4.78, 5) is 30.5. The van der Waals surface area contributed by atoms with Crippen LogP contribution in [0.1, 0.15) is 29.8 Å². The molecule has 35 heavy (non-hydrogen) atoms. The molecule has 10 nitrogen and oxygen atoms in total. The largest absolute Gasteiger partial charge is 0.451 e. The number of benzene rings is 2. The average Bonchev–Trinajstić information content (AvgIpc) is 3.27. The first-order chi connectivity index (χ1) is 16.8. The van der Waals surface area contributed by atoms with Gasteiger partial charge in [0.05, 0.1) is 11.2 Å². The Kier molecular flexibility index (Phi) is 7.39. The number of unbranched alkanes of at least 4 members (excludes halogenated alkanes) is 1. The average molecular weight is 496 g/mol. The van der Waals surface area contributed by atoms with E-state index in [-0.39, 0.29) is 18.7 Å². The van der Waals surface area contributed by atoms with E-state index in [9.17, 15) is 18.0 Å². The quantitative estimate of drug-likeness (QED) is 0.248. The molecule has 0 unspecified atom stereocenters. The maximum absolute atomic E-state index is 13.2. The lowest BCUT2D eigenvalue weighted by molar-refractivity contribution is -0.118. The van der Waals surface area contributed by atoms with Gasteiger partial charge in [-0.3, -0.25) is 14.6 Å². The molecule has 2 aromatic carbocycles. The minimum Gasteiger partial charge on any atom is -0.451 e. The van der Waals surface area contributed by atoms with Gasteiger partial charge in [-0.05, 0) is 43.5 Å². The van der Waals surface area contributed by atoms with E-state index in [0.717, 1.165) is 10.8 Å². The number of nitrogens with two attached hydrogens (primary N) is 1. The summed E-state index contributed by atoms with van der Waals surface area (Å²) in [6, 6.07) is 17.1. The summed E-state index contributed by atoms with van der Waals surface area (Å²) in [5.74, 6) is -0.862. The van der Waals surface area contributed by atoms with Crippen LogP contribution in [-0.4, -0.2) is 37.8 Å². The second-order valence-electron chi connectivity index (χ2n) is 7.98. The molecule has 1 atom stereocenters. The first kappa shape index (κ1) is 24.3. The lowest BCUT2D eigenvalue weighted by Crippen LogP contribution is -2.43. The Labute approximate surface area is 202 Å². The zero-order chi connectivity index (χ0) is 24.8. The van der Waals surface area contributed by atoms with Crippen LogP contribution in [0.2, 0.25) is 0 Å². The summed E-state index contributed by atoms with van der Waals surface area (Å²) < 4.78 is 29.9. The smallest absolute Gasteiger partial charge is 0.287 e. The van der Waals surface area contributed by atoms with Gasteiger partial charge >= 0.3 is 0 Å². The van der Waals surface area contributed by atoms with Crippen molar-refractivity contribution in [3.05, 3.63) is 72.6 Å². The molecule has 182 valence electrons. The van der Waals surface area contributed by atoms with Gasteiger partial charge in [0.15, 0.2) is 5.76 Å². The van der Waals surface area contributed by atoms with Crippen molar-refractivity contribution < 1.29 is 22.4 Å². The fourth-order valence-electron chi connectivity index (χ4n) is 3.70. The van der Waals surface area contributed by atoms with E-state index in [2.05, 4.69) is 20.3 Å². The molecular formula is C24H25N5O5S. The van der Waals surface area contributed by atoms with E-state index < -0.39 is 28.1 Å². The summed E-state index contributed by atoms with van der Waals surface area (Å²) in [5.41, 5.74) is 1.71. The standard InChI is InChI=1S/C24H25N5O5S/c25-35(32,33)27-14-4-3-10-19(29-24(31)21-15-17-7-1-2-12-20(17)34-21)23(30)28-18-11-5-8-16-9-6-13-26-22(16)18/h1-2,5-9,11-13,15,19,27H,3-4,10,14H2,(H,28,30)(H,29,31)(H2,25,32,33)/t19-/m1/s1. The monoisotopic (exact) mass is 495 g/mol. The van der Waals surface area contributed by atoms with E-state index in [1.54, 1.807) is 42.6 Å². The Balaban J connectivity index is 1.49. The van der Waals surface area contributed by atoms with Crippen molar-refractivity contribution >= 4 is 49.6 Å². The van der Waals surface area contributed by atoms with Crippen LogP contribution in [0.4, 0.5) is 5.69 Å². The van der Waals surface area contributed by atoms with Crippen LogP contribution in [0.3, 0.4) is 0 Å². The first-order valence-electron chi connectivity index (χ1n) is 11.0. The normalized spacial score (nSPS) is 12.5. The Hall–Kier alpha value is -3.80. The van der Waals surface area contributed by atoms with E-state index in [0.29, 0.717) is 29.6 Å². The van der Waals surface area contributed by atoms with Gasteiger partial charge in [-0.15, -0.1) is 0 Å². The minimum atomic E-state index is -3.79. The third-order valence-corrected chi connectivity index (χ3v) is 5.99. The maximum Gasteiger partial charge on any atom is 0.287 e. The number of rotatable bonds is 10. The zero-order valence-electron chi connectivity index (χ0n) is 18.7. The molecule has 0 saturated heterocycles. The Morgan fingerprint density at radius 1 is 1.00 bits per heavy atom. The van der Waals surface area contributed by atoms with E-state index in [4.69, 9.17) is 9.56 Å². The topological polar surface area (TPSA) is 156 Å². The highest BCUT2D eigenvalue weighted by molar-refractivity contribution is 7.87. The highest BCUT2D eigenvalue weighted by atomic mass is 32.2. The number of hydrogen-bond donors (Lipinski definition) is 4. The summed E-state index contributed by atoms with van der Waals surface area (Å²) >= 11 is 0. The number of carbonyl (C=O) groups excluding carboxylic acids is 2. The fraction of sp³-hybridized carbons (Fsp3) is 0.208. The second kappa shape index (κ2) is 10.6. The number of aromatic nitrogens is 1. The number of para-hydroxylation sites is 2. The van der Waals surface area contributed by atoms with Crippen LogP contribution >= 0.6 is 0 Å². The summed E-state index contributed by atoms with van der Waals surface area (Å²) in [5, 5.41) is 12.2. The molecule has 2 amide bonds.